The van der Waals surface area contributed by atoms with E-state index in [1.165, 1.54) is 51.7 Å². The molecule has 3 unspecified atom stereocenters. The highest BCUT2D eigenvalue weighted by Gasteiger charge is 2.64. The zero-order valence-electron chi connectivity index (χ0n) is 11.0. The van der Waals surface area contributed by atoms with Crippen LogP contribution in [0.1, 0.15) is 32.1 Å². The van der Waals surface area contributed by atoms with Gasteiger partial charge in [-0.15, -0.1) is 6.58 Å². The third kappa shape index (κ3) is 1.34. The number of hydrogen-bond acceptors (Lipinski definition) is 2. The predicted octanol–water partition coefficient (Wildman–Crippen LogP) is 2.12. The number of hydrogen-bond donors (Lipinski definition) is 0. The van der Waals surface area contributed by atoms with Gasteiger partial charge in [0.25, 0.3) is 0 Å². The van der Waals surface area contributed by atoms with E-state index >= 15 is 0 Å². The lowest BCUT2D eigenvalue weighted by molar-refractivity contribution is -0.0688. The van der Waals surface area contributed by atoms with Gasteiger partial charge in [0.2, 0.25) is 0 Å². The molecule has 94 valence electrons. The normalized spacial score (nSPS) is 47.4. The molecule has 1 spiro atoms. The smallest absolute Gasteiger partial charge is 0.0282 e. The molecular formula is C15H24N2. The number of likely N-dealkylation sites (tertiary alicyclic amines) is 2. The summed E-state index contributed by atoms with van der Waals surface area (Å²) in [5.41, 5.74) is 1.45. The highest BCUT2D eigenvalue weighted by atomic mass is 15.3. The van der Waals surface area contributed by atoms with E-state index in [1.807, 2.05) is 0 Å². The first-order valence-electron chi connectivity index (χ1n) is 7.23. The van der Waals surface area contributed by atoms with Gasteiger partial charge in [-0.2, -0.15) is 0 Å². The molecule has 4 fully saturated rings. The maximum atomic E-state index is 3.98. The summed E-state index contributed by atoms with van der Waals surface area (Å²) >= 11 is 0. The molecule has 0 aromatic heterocycles. The first-order chi connectivity index (χ1) is 8.16. The van der Waals surface area contributed by atoms with Gasteiger partial charge in [0.15, 0.2) is 0 Å². The molecule has 4 aliphatic rings. The molecular weight excluding hydrogens is 208 g/mol. The summed E-state index contributed by atoms with van der Waals surface area (Å²) in [7, 11) is 2.29. The van der Waals surface area contributed by atoms with Gasteiger partial charge in [-0.3, -0.25) is 4.90 Å². The van der Waals surface area contributed by atoms with Crippen LogP contribution in [0.25, 0.3) is 0 Å². The monoisotopic (exact) mass is 232 g/mol. The maximum Gasteiger partial charge on any atom is 0.0282 e. The van der Waals surface area contributed by atoms with E-state index in [1.54, 1.807) is 0 Å². The molecule has 2 aliphatic carbocycles. The van der Waals surface area contributed by atoms with Gasteiger partial charge in [0.05, 0.1) is 0 Å². The van der Waals surface area contributed by atoms with Crippen molar-refractivity contribution in [2.45, 2.75) is 44.2 Å². The maximum absolute atomic E-state index is 3.98. The minimum absolute atomic E-state index is 0.646. The number of piperidine rings is 1. The quantitative estimate of drug-likeness (QED) is 0.688. The second-order valence-corrected chi connectivity index (χ2v) is 7.25. The molecule has 2 saturated carbocycles. The predicted molar refractivity (Wildman–Crippen MR) is 69.9 cm³/mol. The van der Waals surface area contributed by atoms with Gasteiger partial charge in [0.1, 0.15) is 0 Å². The Bertz CT molecular complexity index is 352. The molecule has 2 aliphatic heterocycles. The second-order valence-electron chi connectivity index (χ2n) is 7.25. The summed E-state index contributed by atoms with van der Waals surface area (Å²) in [5, 5.41) is 0. The fraction of sp³-hybridized carbons (Fsp3) is 0.867. The number of nitrogens with zero attached hydrogens (tertiary/aromatic N) is 2. The standard InChI is InChI=1S/C15H24N2/c1-3-12-7-15(8-13(15)16(12)2)11-17-9-14(10-17)5-4-6-14/h3,12-13H,1,4-11H2,2H3. The SMILES string of the molecule is C=CC1CC2(CN3CC4(CCC4)C3)CC2N1C. The van der Waals surface area contributed by atoms with Crippen LogP contribution in [-0.4, -0.2) is 48.6 Å². The largest absolute Gasteiger partial charge is 0.302 e. The molecule has 3 atom stereocenters. The number of rotatable bonds is 3. The summed E-state index contributed by atoms with van der Waals surface area (Å²) in [5.74, 6) is 0. The van der Waals surface area contributed by atoms with Crippen LogP contribution in [0.3, 0.4) is 0 Å². The van der Waals surface area contributed by atoms with E-state index in [9.17, 15) is 0 Å². The first-order valence-corrected chi connectivity index (χ1v) is 7.23. The Balaban J connectivity index is 1.37. The fourth-order valence-corrected chi connectivity index (χ4v) is 4.85. The summed E-state index contributed by atoms with van der Waals surface area (Å²) in [4.78, 5) is 5.30. The van der Waals surface area contributed by atoms with Crippen molar-refractivity contribution in [1.29, 1.82) is 0 Å². The Morgan fingerprint density at radius 2 is 2.06 bits per heavy atom. The van der Waals surface area contributed by atoms with E-state index in [0.29, 0.717) is 11.5 Å². The van der Waals surface area contributed by atoms with Crippen molar-refractivity contribution in [3.05, 3.63) is 12.7 Å². The Labute approximate surface area is 105 Å². The molecule has 2 saturated heterocycles. The van der Waals surface area contributed by atoms with Crippen LogP contribution in [0.15, 0.2) is 12.7 Å². The van der Waals surface area contributed by atoms with Crippen molar-refractivity contribution in [1.82, 2.24) is 9.80 Å². The third-order valence-electron chi connectivity index (χ3n) is 6.12. The van der Waals surface area contributed by atoms with Crippen molar-refractivity contribution in [3.63, 3.8) is 0 Å². The van der Waals surface area contributed by atoms with E-state index in [4.69, 9.17) is 0 Å². The minimum Gasteiger partial charge on any atom is -0.302 e. The highest BCUT2D eigenvalue weighted by molar-refractivity contribution is 5.20. The van der Waals surface area contributed by atoms with Crippen molar-refractivity contribution < 1.29 is 0 Å². The summed E-state index contributed by atoms with van der Waals surface area (Å²) in [6, 6.07) is 1.51. The van der Waals surface area contributed by atoms with Crippen molar-refractivity contribution in [2.24, 2.45) is 10.8 Å². The van der Waals surface area contributed by atoms with Gasteiger partial charge in [-0.25, -0.2) is 0 Å². The molecule has 0 aromatic carbocycles. The molecule has 2 nitrogen and oxygen atoms in total. The Morgan fingerprint density at radius 3 is 2.59 bits per heavy atom. The van der Waals surface area contributed by atoms with Crippen LogP contribution in [0.5, 0.6) is 0 Å². The Morgan fingerprint density at radius 1 is 1.29 bits per heavy atom. The van der Waals surface area contributed by atoms with Gasteiger partial charge in [-0.1, -0.05) is 12.5 Å². The molecule has 0 N–H and O–H groups in total. The average Bonchev–Trinajstić information content (AvgIpc) is 2.84. The van der Waals surface area contributed by atoms with Crippen molar-refractivity contribution in [3.8, 4) is 0 Å². The van der Waals surface area contributed by atoms with Crippen LogP contribution < -0.4 is 0 Å². The molecule has 17 heavy (non-hydrogen) atoms. The summed E-state index contributed by atoms with van der Waals surface area (Å²) in [6.07, 6.45) is 9.46. The number of fused-ring (bicyclic) bond motifs is 1. The molecule has 2 heteroatoms. The topological polar surface area (TPSA) is 6.48 Å². The summed E-state index contributed by atoms with van der Waals surface area (Å²) < 4.78 is 0. The fourth-order valence-electron chi connectivity index (χ4n) is 4.85. The van der Waals surface area contributed by atoms with Gasteiger partial charge in [0, 0.05) is 37.1 Å². The lowest BCUT2D eigenvalue weighted by Gasteiger charge is -2.57. The summed E-state index contributed by atoms with van der Waals surface area (Å²) in [6.45, 7) is 8.17. The first kappa shape index (κ1) is 10.6. The van der Waals surface area contributed by atoms with E-state index in [2.05, 4.69) is 29.5 Å². The van der Waals surface area contributed by atoms with Crippen LogP contribution in [0.2, 0.25) is 0 Å². The molecule has 0 radical (unpaired) electrons. The van der Waals surface area contributed by atoms with E-state index < -0.39 is 0 Å². The van der Waals surface area contributed by atoms with Gasteiger partial charge >= 0.3 is 0 Å². The minimum atomic E-state index is 0.646. The molecule has 0 bridgehead atoms. The van der Waals surface area contributed by atoms with Gasteiger partial charge < -0.3 is 4.90 Å². The Kier molecular flexibility index (Phi) is 1.96. The van der Waals surface area contributed by atoms with Crippen molar-refractivity contribution >= 4 is 0 Å². The third-order valence-corrected chi connectivity index (χ3v) is 6.12. The molecule has 4 rings (SSSR count). The zero-order chi connectivity index (χ0) is 11.7. The van der Waals surface area contributed by atoms with Crippen LogP contribution in [-0.2, 0) is 0 Å². The van der Waals surface area contributed by atoms with Crippen molar-refractivity contribution in [2.75, 3.05) is 26.7 Å². The lowest BCUT2D eigenvalue weighted by atomic mass is 9.63. The van der Waals surface area contributed by atoms with E-state index in [-0.39, 0.29) is 0 Å². The van der Waals surface area contributed by atoms with Crippen LogP contribution >= 0.6 is 0 Å². The van der Waals surface area contributed by atoms with Gasteiger partial charge in [-0.05, 0) is 38.1 Å². The molecule has 0 aromatic rings. The number of likely N-dealkylation sites (N-methyl/N-ethyl adjacent to an activating group) is 1. The van der Waals surface area contributed by atoms with E-state index in [0.717, 1.165) is 11.5 Å². The van der Waals surface area contributed by atoms with Crippen LogP contribution in [0, 0.1) is 10.8 Å². The zero-order valence-corrected chi connectivity index (χ0v) is 11.0. The Hall–Kier alpha value is -0.340. The second kappa shape index (κ2) is 3.16. The lowest BCUT2D eigenvalue weighted by Crippen LogP contribution is -2.60. The average molecular weight is 232 g/mol. The molecule has 0 amide bonds. The highest BCUT2D eigenvalue weighted by Crippen LogP contribution is 2.61. The molecule has 2 heterocycles. The van der Waals surface area contributed by atoms with Crippen LogP contribution in [0.4, 0.5) is 0 Å².